The van der Waals surface area contributed by atoms with Crippen molar-refractivity contribution in [1.82, 2.24) is 0 Å². The highest BCUT2D eigenvalue weighted by atomic mass is 16.2. The van der Waals surface area contributed by atoms with Crippen molar-refractivity contribution in [2.24, 2.45) is 5.92 Å². The van der Waals surface area contributed by atoms with Crippen molar-refractivity contribution in [2.45, 2.75) is 44.9 Å². The van der Waals surface area contributed by atoms with E-state index < -0.39 is 0 Å². The molecule has 2 aliphatic heterocycles. The maximum atomic E-state index is 12.3. The Morgan fingerprint density at radius 1 is 1.10 bits per heavy atom. The van der Waals surface area contributed by atoms with Gasteiger partial charge in [0.05, 0.1) is 5.69 Å². The minimum absolute atomic E-state index is 0.168. The van der Waals surface area contributed by atoms with Gasteiger partial charge in [-0.2, -0.15) is 0 Å². The Bertz CT molecular complexity index is 617. The molecule has 0 unspecified atom stereocenters. The van der Waals surface area contributed by atoms with E-state index in [0.29, 0.717) is 6.42 Å². The summed E-state index contributed by atoms with van der Waals surface area (Å²) in [5.74, 6) is 0.595. The first-order valence-corrected chi connectivity index (χ1v) is 7.99. The average Bonchev–Trinajstić information content (AvgIpc) is 3.13. The number of hydrogen-bond acceptors (Lipinski definition) is 2. The van der Waals surface area contributed by atoms with E-state index in [-0.39, 0.29) is 17.7 Å². The molecule has 2 amide bonds. The van der Waals surface area contributed by atoms with E-state index in [2.05, 4.69) is 17.4 Å². The van der Waals surface area contributed by atoms with Crippen molar-refractivity contribution in [2.75, 3.05) is 16.8 Å². The van der Waals surface area contributed by atoms with Crippen LogP contribution in [0.4, 0.5) is 11.4 Å². The summed E-state index contributed by atoms with van der Waals surface area (Å²) in [6, 6.07) is 4.13. The first-order valence-electron chi connectivity index (χ1n) is 7.99. The van der Waals surface area contributed by atoms with E-state index in [1.807, 2.05) is 4.90 Å². The fourth-order valence-corrected chi connectivity index (χ4v) is 3.96. The Hall–Kier alpha value is -1.84. The zero-order chi connectivity index (χ0) is 14.4. The van der Waals surface area contributed by atoms with Crippen molar-refractivity contribution in [3.63, 3.8) is 0 Å². The van der Waals surface area contributed by atoms with E-state index >= 15 is 0 Å². The molecule has 21 heavy (non-hydrogen) atoms. The lowest BCUT2D eigenvalue weighted by Crippen LogP contribution is -2.32. The molecule has 3 aliphatic rings. The molecule has 1 saturated carbocycles. The normalized spacial score (nSPS) is 20.8. The van der Waals surface area contributed by atoms with Gasteiger partial charge in [0, 0.05) is 24.6 Å². The third kappa shape index (κ3) is 2.13. The second-order valence-corrected chi connectivity index (χ2v) is 6.41. The average molecular weight is 284 g/mol. The number of amides is 2. The van der Waals surface area contributed by atoms with E-state index in [1.54, 1.807) is 0 Å². The number of rotatable bonds is 2. The van der Waals surface area contributed by atoms with Gasteiger partial charge in [-0.15, -0.1) is 0 Å². The number of nitrogens with zero attached hydrogens (tertiary/aromatic N) is 1. The standard InChI is InChI=1S/C17H20N2O2/c20-15-6-5-12-9-14(10-13-7-8-19(15)16(12)13)18-17(21)11-3-1-2-4-11/h9-11H,1-8H2,(H,18,21). The van der Waals surface area contributed by atoms with Crippen LogP contribution in [0.25, 0.3) is 0 Å². The van der Waals surface area contributed by atoms with Crippen LogP contribution in [0.5, 0.6) is 0 Å². The Morgan fingerprint density at radius 2 is 1.81 bits per heavy atom. The van der Waals surface area contributed by atoms with E-state index in [9.17, 15) is 9.59 Å². The number of aryl methyl sites for hydroxylation is 1. The predicted octanol–water partition coefficient (Wildman–Crippen LogP) is 2.65. The molecule has 1 aliphatic carbocycles. The molecule has 0 atom stereocenters. The quantitative estimate of drug-likeness (QED) is 0.907. The molecule has 1 N–H and O–H groups in total. The lowest BCUT2D eigenvalue weighted by molar-refractivity contribution is -0.120. The largest absolute Gasteiger partial charge is 0.326 e. The van der Waals surface area contributed by atoms with Crippen molar-refractivity contribution < 1.29 is 9.59 Å². The van der Waals surface area contributed by atoms with Crippen molar-refractivity contribution in [3.8, 4) is 0 Å². The van der Waals surface area contributed by atoms with Crippen LogP contribution in [0.1, 0.15) is 43.2 Å². The molecule has 4 rings (SSSR count). The van der Waals surface area contributed by atoms with Crippen molar-refractivity contribution in [3.05, 3.63) is 23.3 Å². The number of carbonyl (C=O) groups is 2. The SMILES string of the molecule is O=C(Nc1cc2c3c(c1)CCN3C(=O)CC2)C1CCCC1. The van der Waals surface area contributed by atoms with Crippen LogP contribution in [0, 0.1) is 5.92 Å². The summed E-state index contributed by atoms with van der Waals surface area (Å²) in [7, 11) is 0. The predicted molar refractivity (Wildman–Crippen MR) is 81.4 cm³/mol. The maximum Gasteiger partial charge on any atom is 0.227 e. The third-order valence-corrected chi connectivity index (χ3v) is 5.05. The van der Waals surface area contributed by atoms with E-state index in [0.717, 1.165) is 43.6 Å². The summed E-state index contributed by atoms with van der Waals surface area (Å²) in [4.78, 5) is 26.1. The Balaban J connectivity index is 1.61. The summed E-state index contributed by atoms with van der Waals surface area (Å²) < 4.78 is 0. The van der Waals surface area contributed by atoms with Crippen LogP contribution >= 0.6 is 0 Å². The van der Waals surface area contributed by atoms with E-state index in [4.69, 9.17) is 0 Å². The van der Waals surface area contributed by atoms with Crippen molar-refractivity contribution >= 4 is 23.2 Å². The highest BCUT2D eigenvalue weighted by molar-refractivity contribution is 6.00. The van der Waals surface area contributed by atoms with Crippen LogP contribution in [0.15, 0.2) is 12.1 Å². The number of carbonyl (C=O) groups excluding carboxylic acids is 2. The molecule has 4 heteroatoms. The molecule has 0 aromatic heterocycles. The molecular formula is C17H20N2O2. The fraction of sp³-hybridized carbons (Fsp3) is 0.529. The Labute approximate surface area is 124 Å². The second-order valence-electron chi connectivity index (χ2n) is 6.41. The van der Waals surface area contributed by atoms with E-state index in [1.165, 1.54) is 24.0 Å². The molecule has 0 radical (unpaired) electrons. The van der Waals surface area contributed by atoms with Crippen molar-refractivity contribution in [1.29, 1.82) is 0 Å². The summed E-state index contributed by atoms with van der Waals surface area (Å²) >= 11 is 0. The van der Waals surface area contributed by atoms with Gasteiger partial charge in [0.15, 0.2) is 0 Å². The molecular weight excluding hydrogens is 264 g/mol. The smallest absolute Gasteiger partial charge is 0.227 e. The number of anilines is 2. The van der Waals surface area contributed by atoms with Crippen LogP contribution in [0.2, 0.25) is 0 Å². The topological polar surface area (TPSA) is 49.4 Å². The van der Waals surface area contributed by atoms with Crippen LogP contribution in [-0.2, 0) is 22.4 Å². The first kappa shape index (κ1) is 12.9. The monoisotopic (exact) mass is 284 g/mol. The molecule has 1 aromatic rings. The van der Waals surface area contributed by atoms with Crippen LogP contribution in [-0.4, -0.2) is 18.4 Å². The molecule has 0 bridgehead atoms. The highest BCUT2D eigenvalue weighted by Crippen LogP contribution is 2.39. The fourth-order valence-electron chi connectivity index (χ4n) is 3.96. The molecule has 0 saturated heterocycles. The van der Waals surface area contributed by atoms with Gasteiger partial charge in [-0.25, -0.2) is 0 Å². The maximum absolute atomic E-state index is 12.3. The van der Waals surface area contributed by atoms with Crippen LogP contribution < -0.4 is 10.2 Å². The summed E-state index contributed by atoms with van der Waals surface area (Å²) in [5.41, 5.74) is 4.45. The van der Waals surface area contributed by atoms with Gasteiger partial charge in [0.2, 0.25) is 11.8 Å². The third-order valence-electron chi connectivity index (χ3n) is 5.05. The summed E-state index contributed by atoms with van der Waals surface area (Å²) in [6.45, 7) is 0.793. The second kappa shape index (κ2) is 4.86. The van der Waals surface area contributed by atoms with Crippen LogP contribution in [0.3, 0.4) is 0 Å². The minimum Gasteiger partial charge on any atom is -0.326 e. The molecule has 110 valence electrons. The molecule has 0 spiro atoms. The number of nitrogens with one attached hydrogen (secondary N) is 1. The first-order chi connectivity index (χ1) is 10.2. The molecule has 4 nitrogen and oxygen atoms in total. The summed E-state index contributed by atoms with van der Waals surface area (Å²) in [5, 5.41) is 3.10. The summed E-state index contributed by atoms with van der Waals surface area (Å²) in [6.07, 6.45) is 6.67. The molecule has 1 fully saturated rings. The zero-order valence-electron chi connectivity index (χ0n) is 12.2. The number of benzene rings is 1. The van der Waals surface area contributed by atoms with Gasteiger partial charge in [-0.05, 0) is 48.9 Å². The zero-order valence-corrected chi connectivity index (χ0v) is 12.2. The van der Waals surface area contributed by atoms with Gasteiger partial charge >= 0.3 is 0 Å². The molecule has 2 heterocycles. The lowest BCUT2D eigenvalue weighted by atomic mass is 9.98. The Morgan fingerprint density at radius 3 is 2.57 bits per heavy atom. The highest BCUT2D eigenvalue weighted by Gasteiger charge is 2.32. The molecule has 1 aromatic carbocycles. The van der Waals surface area contributed by atoms with Gasteiger partial charge in [-0.1, -0.05) is 12.8 Å². The van der Waals surface area contributed by atoms with Gasteiger partial charge in [0.25, 0.3) is 0 Å². The van der Waals surface area contributed by atoms with Gasteiger partial charge < -0.3 is 10.2 Å². The van der Waals surface area contributed by atoms with Gasteiger partial charge in [0.1, 0.15) is 0 Å². The lowest BCUT2D eigenvalue weighted by Gasteiger charge is -2.26. The van der Waals surface area contributed by atoms with Gasteiger partial charge in [-0.3, -0.25) is 9.59 Å². The minimum atomic E-state index is 0.168. The number of hydrogen-bond donors (Lipinski definition) is 1. The Kier molecular flexibility index (Phi) is 2.98.